The first-order valence-electron chi connectivity index (χ1n) is 8.54. The van der Waals surface area contributed by atoms with Crippen molar-refractivity contribution < 1.29 is 9.13 Å². The van der Waals surface area contributed by atoms with E-state index in [1.165, 1.54) is 0 Å². The van der Waals surface area contributed by atoms with Crippen molar-refractivity contribution in [1.29, 1.82) is 0 Å². The smallest absolute Gasteiger partial charge is 0.118 e. The van der Waals surface area contributed by atoms with Crippen molar-refractivity contribution >= 4 is 10.9 Å². The molecule has 0 amide bonds. The number of rotatable bonds is 5. The van der Waals surface area contributed by atoms with Crippen LogP contribution in [0.5, 0.6) is 5.75 Å². The second kappa shape index (κ2) is 7.00. The van der Waals surface area contributed by atoms with Gasteiger partial charge < -0.3 is 9.30 Å². The first-order chi connectivity index (χ1) is 12.8. The molecule has 4 rings (SSSR count). The summed E-state index contributed by atoms with van der Waals surface area (Å²) in [7, 11) is 1.66. The maximum absolute atomic E-state index is 13.1. The van der Waals surface area contributed by atoms with Gasteiger partial charge in [0.1, 0.15) is 12.4 Å². The van der Waals surface area contributed by atoms with E-state index in [-0.39, 0.29) is 0 Å². The van der Waals surface area contributed by atoms with Gasteiger partial charge in [0.25, 0.3) is 0 Å². The van der Waals surface area contributed by atoms with Gasteiger partial charge in [0, 0.05) is 17.3 Å². The Hall–Kier alpha value is -3.14. The van der Waals surface area contributed by atoms with E-state index in [1.807, 2.05) is 34.9 Å². The lowest BCUT2D eigenvalue weighted by atomic mass is 10.0. The first-order valence-corrected chi connectivity index (χ1v) is 8.54. The zero-order valence-electron chi connectivity index (χ0n) is 14.5. The highest BCUT2D eigenvalue weighted by molar-refractivity contribution is 5.86. The number of hydrogen-bond acceptors (Lipinski definition) is 2. The summed E-state index contributed by atoms with van der Waals surface area (Å²) in [6.07, 6.45) is 3.55. The number of nitrogens with zero attached hydrogens (tertiary/aromatic N) is 2. The number of aryl methyl sites for hydroxylation is 1. The van der Waals surface area contributed by atoms with Crippen LogP contribution in [0.25, 0.3) is 33.3 Å². The van der Waals surface area contributed by atoms with Gasteiger partial charge in [-0.3, -0.25) is 4.98 Å². The third-order valence-corrected chi connectivity index (χ3v) is 4.62. The maximum atomic E-state index is 13.1. The predicted octanol–water partition coefficient (Wildman–Crippen LogP) is 5.35. The maximum Gasteiger partial charge on any atom is 0.118 e. The van der Waals surface area contributed by atoms with Gasteiger partial charge >= 0.3 is 0 Å². The van der Waals surface area contributed by atoms with Gasteiger partial charge in [0.2, 0.25) is 0 Å². The molecule has 0 aliphatic heterocycles. The van der Waals surface area contributed by atoms with Crippen LogP contribution < -0.4 is 4.74 Å². The number of benzene rings is 2. The highest BCUT2D eigenvalue weighted by Gasteiger charge is 2.11. The van der Waals surface area contributed by atoms with Crippen LogP contribution in [0.2, 0.25) is 0 Å². The minimum atomic E-state index is -0.407. The van der Waals surface area contributed by atoms with Gasteiger partial charge in [-0.2, -0.15) is 0 Å². The lowest BCUT2D eigenvalue weighted by molar-refractivity contribution is 0.415. The summed E-state index contributed by atoms with van der Waals surface area (Å²) in [5, 5.41) is 1.07. The third-order valence-electron chi connectivity index (χ3n) is 4.62. The monoisotopic (exact) mass is 346 g/mol. The summed E-state index contributed by atoms with van der Waals surface area (Å²) in [6, 6.07) is 20.4. The molecule has 2 aromatic carbocycles. The molecule has 0 radical (unpaired) electrons. The molecule has 0 bridgehead atoms. The van der Waals surface area contributed by atoms with Gasteiger partial charge in [-0.1, -0.05) is 36.4 Å². The number of alkyl halides is 1. The molecule has 26 heavy (non-hydrogen) atoms. The fourth-order valence-electron chi connectivity index (χ4n) is 3.28. The number of hydrogen-bond donors (Lipinski definition) is 0. The highest BCUT2D eigenvalue weighted by atomic mass is 19.1. The summed E-state index contributed by atoms with van der Waals surface area (Å²) in [5.41, 5.74) is 5.29. The number of fused-ring (bicyclic) bond motifs is 1. The van der Waals surface area contributed by atoms with E-state index < -0.39 is 6.67 Å². The van der Waals surface area contributed by atoms with E-state index in [4.69, 9.17) is 4.74 Å². The predicted molar refractivity (Wildman–Crippen MR) is 103 cm³/mol. The molecule has 3 nitrogen and oxygen atoms in total. The molecule has 4 heteroatoms. The van der Waals surface area contributed by atoms with Crippen LogP contribution in [-0.2, 0) is 6.54 Å². The first kappa shape index (κ1) is 16.3. The van der Waals surface area contributed by atoms with Crippen LogP contribution in [0.1, 0.15) is 0 Å². The van der Waals surface area contributed by atoms with Crippen molar-refractivity contribution in [1.82, 2.24) is 9.55 Å². The Bertz CT molecular complexity index is 1020. The molecule has 0 saturated heterocycles. The fourth-order valence-corrected chi connectivity index (χ4v) is 3.28. The van der Waals surface area contributed by atoms with Crippen molar-refractivity contribution in [3.8, 4) is 28.1 Å². The summed E-state index contributed by atoms with van der Waals surface area (Å²) < 4.78 is 20.3. The molecule has 0 aliphatic rings. The fraction of sp³-hybridized carbons (Fsp3) is 0.136. The Balaban J connectivity index is 1.72. The van der Waals surface area contributed by atoms with E-state index >= 15 is 0 Å². The average Bonchev–Trinajstić information content (AvgIpc) is 3.07. The van der Waals surface area contributed by atoms with Crippen molar-refractivity contribution in [2.75, 3.05) is 13.8 Å². The zero-order chi connectivity index (χ0) is 17.9. The topological polar surface area (TPSA) is 27.1 Å². The Morgan fingerprint density at radius 1 is 0.923 bits per heavy atom. The third kappa shape index (κ3) is 2.94. The Morgan fingerprint density at radius 3 is 2.23 bits per heavy atom. The molecular weight excluding hydrogens is 327 g/mol. The molecule has 0 aliphatic carbocycles. The minimum absolute atomic E-state index is 0.324. The quantitative estimate of drug-likeness (QED) is 0.487. The van der Waals surface area contributed by atoms with Crippen molar-refractivity contribution in [2.45, 2.75) is 6.54 Å². The van der Waals surface area contributed by atoms with Gasteiger partial charge in [-0.15, -0.1) is 0 Å². The molecule has 0 spiro atoms. The SMILES string of the molecule is COc1ccc(-c2ccc(-c3cc4ccncc4n3CCF)cc2)cc1. The van der Waals surface area contributed by atoms with Gasteiger partial charge in [0.15, 0.2) is 0 Å². The second-order valence-electron chi connectivity index (χ2n) is 6.11. The average molecular weight is 346 g/mol. The Morgan fingerprint density at radius 2 is 1.58 bits per heavy atom. The normalized spacial score (nSPS) is 11.0. The van der Waals surface area contributed by atoms with Crippen molar-refractivity contribution in [3.63, 3.8) is 0 Å². The molecule has 0 N–H and O–H groups in total. The van der Waals surface area contributed by atoms with Crippen LogP contribution in [-0.4, -0.2) is 23.3 Å². The summed E-state index contributed by atoms with van der Waals surface area (Å²) in [4.78, 5) is 4.18. The molecule has 4 aromatic rings. The van der Waals surface area contributed by atoms with Crippen LogP contribution in [0, 0.1) is 0 Å². The summed E-state index contributed by atoms with van der Waals surface area (Å²) >= 11 is 0. The number of halogens is 1. The lowest BCUT2D eigenvalue weighted by Gasteiger charge is -2.10. The molecule has 2 heterocycles. The summed E-state index contributed by atoms with van der Waals surface area (Å²) in [6.45, 7) is -0.0830. The van der Waals surface area contributed by atoms with Crippen molar-refractivity contribution in [2.24, 2.45) is 0 Å². The molecule has 0 saturated carbocycles. The van der Waals surface area contributed by atoms with E-state index in [9.17, 15) is 4.39 Å². The second-order valence-corrected chi connectivity index (χ2v) is 6.11. The lowest BCUT2D eigenvalue weighted by Crippen LogP contribution is -2.01. The number of ether oxygens (including phenoxy) is 1. The Kier molecular flexibility index (Phi) is 4.40. The molecule has 0 unspecified atom stereocenters. The van der Waals surface area contributed by atoms with Crippen LogP contribution >= 0.6 is 0 Å². The van der Waals surface area contributed by atoms with Gasteiger partial charge in [-0.25, -0.2) is 4.39 Å². The molecule has 2 aromatic heterocycles. The minimum Gasteiger partial charge on any atom is -0.497 e. The molecule has 130 valence electrons. The number of aromatic nitrogens is 2. The van der Waals surface area contributed by atoms with Crippen LogP contribution in [0.3, 0.4) is 0 Å². The Labute approximate surface area is 151 Å². The van der Waals surface area contributed by atoms with E-state index in [1.54, 1.807) is 19.5 Å². The molecule has 0 fully saturated rings. The standard InChI is InChI=1S/C22H19FN2O/c1-26-20-8-6-17(7-9-20)16-2-4-18(5-3-16)21-14-19-10-12-24-15-22(19)25(21)13-11-23/h2-10,12,14-15H,11,13H2,1H3. The van der Waals surface area contributed by atoms with E-state index in [2.05, 4.69) is 35.3 Å². The van der Waals surface area contributed by atoms with E-state index in [0.29, 0.717) is 6.54 Å². The van der Waals surface area contributed by atoms with Crippen LogP contribution in [0.15, 0.2) is 73.1 Å². The van der Waals surface area contributed by atoms with Crippen molar-refractivity contribution in [3.05, 3.63) is 73.1 Å². The zero-order valence-corrected chi connectivity index (χ0v) is 14.5. The number of pyridine rings is 1. The summed E-state index contributed by atoms with van der Waals surface area (Å²) in [5.74, 6) is 0.842. The van der Waals surface area contributed by atoms with E-state index in [0.717, 1.165) is 39.0 Å². The number of methoxy groups -OCH3 is 1. The molecular formula is C22H19FN2O. The largest absolute Gasteiger partial charge is 0.497 e. The van der Waals surface area contributed by atoms with Gasteiger partial charge in [0.05, 0.1) is 25.4 Å². The van der Waals surface area contributed by atoms with Crippen LogP contribution in [0.4, 0.5) is 4.39 Å². The highest BCUT2D eigenvalue weighted by Crippen LogP contribution is 2.30. The molecule has 0 atom stereocenters. The van der Waals surface area contributed by atoms with Gasteiger partial charge in [-0.05, 0) is 41.0 Å².